The lowest BCUT2D eigenvalue weighted by atomic mass is 9.85. The quantitative estimate of drug-likeness (QED) is 0.859. The summed E-state index contributed by atoms with van der Waals surface area (Å²) in [6.45, 7) is 6.27. The summed E-state index contributed by atoms with van der Waals surface area (Å²) in [5, 5.41) is 3.44. The lowest BCUT2D eigenvalue weighted by Gasteiger charge is -2.24. The van der Waals surface area contributed by atoms with Crippen molar-refractivity contribution in [1.29, 1.82) is 0 Å². The Morgan fingerprint density at radius 2 is 1.52 bits per heavy atom. The van der Waals surface area contributed by atoms with Gasteiger partial charge in [-0.2, -0.15) is 0 Å². The second-order valence-electron chi connectivity index (χ2n) is 6.65. The molecular weight excluding hydrogens is 282 g/mol. The molecule has 1 aliphatic carbocycles. The topological polar surface area (TPSA) is 29.1 Å². The number of nitrogens with one attached hydrogen (secondary N) is 1. The molecule has 118 valence electrons. The Balaban J connectivity index is 1.79. The molecule has 2 aromatic rings. The third-order valence-electron chi connectivity index (χ3n) is 4.32. The van der Waals surface area contributed by atoms with E-state index in [1.54, 1.807) is 6.08 Å². The number of aryl methyl sites for hydroxylation is 3. The van der Waals surface area contributed by atoms with E-state index in [1.807, 2.05) is 0 Å². The summed E-state index contributed by atoms with van der Waals surface area (Å²) in [5.74, 6) is 0.468. The minimum Gasteiger partial charge on any atom is -0.359 e. The van der Waals surface area contributed by atoms with Gasteiger partial charge in [0.2, 0.25) is 0 Å². The molecule has 23 heavy (non-hydrogen) atoms. The number of hydrogen-bond donors (Lipinski definition) is 1. The number of hydrogen-bond acceptors (Lipinski definition) is 2. The van der Waals surface area contributed by atoms with E-state index in [0.29, 0.717) is 6.42 Å². The first kappa shape index (κ1) is 15.5. The lowest BCUT2D eigenvalue weighted by molar-refractivity contribution is -0.115. The Kier molecular flexibility index (Phi) is 4.33. The van der Waals surface area contributed by atoms with E-state index in [-0.39, 0.29) is 11.7 Å². The second kappa shape index (κ2) is 6.41. The normalized spacial score (nSPS) is 17.8. The number of anilines is 1. The fraction of sp³-hybridized carbons (Fsp3) is 0.286. The van der Waals surface area contributed by atoms with Gasteiger partial charge in [-0.05, 0) is 61.9 Å². The molecule has 2 aromatic carbocycles. The fourth-order valence-corrected chi connectivity index (χ4v) is 3.29. The van der Waals surface area contributed by atoms with Gasteiger partial charge in [-0.1, -0.05) is 35.9 Å². The van der Waals surface area contributed by atoms with Crippen molar-refractivity contribution < 1.29 is 4.79 Å². The second-order valence-corrected chi connectivity index (χ2v) is 6.65. The zero-order valence-corrected chi connectivity index (χ0v) is 14.0. The standard InChI is InChI=1S/C21H23NO/c1-14-4-6-17(7-5-14)18-11-20(13-21(23)12-18)22-19-9-15(2)8-16(3)10-19/h4-10,13,18,22H,11-12H2,1-3H3. The highest BCUT2D eigenvalue weighted by atomic mass is 16.1. The summed E-state index contributed by atoms with van der Waals surface area (Å²) in [6.07, 6.45) is 3.24. The summed E-state index contributed by atoms with van der Waals surface area (Å²) in [5.41, 5.74) is 7.02. The third kappa shape index (κ3) is 3.89. The van der Waals surface area contributed by atoms with Crippen molar-refractivity contribution in [1.82, 2.24) is 0 Å². The average Bonchev–Trinajstić information content (AvgIpc) is 2.46. The van der Waals surface area contributed by atoms with Gasteiger partial charge in [0.25, 0.3) is 0 Å². The first-order valence-electron chi connectivity index (χ1n) is 8.15. The van der Waals surface area contributed by atoms with Crippen LogP contribution < -0.4 is 5.32 Å². The molecule has 0 fully saturated rings. The van der Waals surface area contributed by atoms with Crippen molar-refractivity contribution in [2.75, 3.05) is 5.32 Å². The van der Waals surface area contributed by atoms with Gasteiger partial charge in [0.15, 0.2) is 5.78 Å². The van der Waals surface area contributed by atoms with Gasteiger partial charge in [-0.3, -0.25) is 4.79 Å². The fourth-order valence-electron chi connectivity index (χ4n) is 3.29. The molecule has 1 aliphatic rings. The molecule has 0 spiro atoms. The largest absolute Gasteiger partial charge is 0.359 e. The molecule has 3 rings (SSSR count). The molecule has 0 aliphatic heterocycles. The van der Waals surface area contributed by atoms with Crippen LogP contribution in [0, 0.1) is 20.8 Å². The Morgan fingerprint density at radius 1 is 0.870 bits per heavy atom. The molecule has 0 aromatic heterocycles. The molecular formula is C21H23NO. The monoisotopic (exact) mass is 305 g/mol. The van der Waals surface area contributed by atoms with E-state index in [0.717, 1.165) is 17.8 Å². The van der Waals surface area contributed by atoms with Crippen LogP contribution in [0.2, 0.25) is 0 Å². The van der Waals surface area contributed by atoms with Crippen molar-refractivity contribution in [3.8, 4) is 0 Å². The smallest absolute Gasteiger partial charge is 0.158 e. The Morgan fingerprint density at radius 3 is 2.17 bits per heavy atom. The number of carbonyl (C=O) groups is 1. The Labute approximate surface area is 138 Å². The average molecular weight is 305 g/mol. The Bertz CT molecular complexity index is 736. The van der Waals surface area contributed by atoms with Crippen LogP contribution in [0.1, 0.15) is 41.0 Å². The number of carbonyl (C=O) groups excluding carboxylic acids is 1. The Hall–Kier alpha value is -2.35. The van der Waals surface area contributed by atoms with Crippen LogP contribution >= 0.6 is 0 Å². The van der Waals surface area contributed by atoms with Crippen molar-refractivity contribution in [3.05, 3.63) is 76.5 Å². The summed E-state index contributed by atoms with van der Waals surface area (Å²) >= 11 is 0. The minimum absolute atomic E-state index is 0.203. The predicted molar refractivity (Wildman–Crippen MR) is 95.8 cm³/mol. The molecule has 1 N–H and O–H groups in total. The third-order valence-corrected chi connectivity index (χ3v) is 4.32. The summed E-state index contributed by atoms with van der Waals surface area (Å²) in [4.78, 5) is 12.1. The number of benzene rings is 2. The molecule has 0 saturated carbocycles. The van der Waals surface area contributed by atoms with Crippen molar-refractivity contribution in [2.45, 2.75) is 39.5 Å². The highest BCUT2D eigenvalue weighted by molar-refractivity contribution is 5.92. The minimum atomic E-state index is 0.203. The van der Waals surface area contributed by atoms with Crippen LogP contribution in [-0.2, 0) is 4.79 Å². The maximum atomic E-state index is 12.1. The van der Waals surface area contributed by atoms with E-state index in [1.165, 1.54) is 22.3 Å². The van der Waals surface area contributed by atoms with Gasteiger partial charge < -0.3 is 5.32 Å². The van der Waals surface area contributed by atoms with Gasteiger partial charge in [0, 0.05) is 23.9 Å². The molecule has 2 heteroatoms. The highest BCUT2D eigenvalue weighted by Gasteiger charge is 2.22. The van der Waals surface area contributed by atoms with Gasteiger partial charge in [0.05, 0.1) is 0 Å². The van der Waals surface area contributed by atoms with E-state index < -0.39 is 0 Å². The SMILES string of the molecule is Cc1ccc(C2CC(=O)C=C(Nc3cc(C)cc(C)c3)C2)cc1. The molecule has 0 saturated heterocycles. The van der Waals surface area contributed by atoms with Crippen LogP contribution in [0.4, 0.5) is 5.69 Å². The maximum absolute atomic E-state index is 12.1. The molecule has 1 atom stereocenters. The van der Waals surface area contributed by atoms with Gasteiger partial charge in [-0.15, -0.1) is 0 Å². The zero-order valence-electron chi connectivity index (χ0n) is 14.0. The number of ketones is 1. The van der Waals surface area contributed by atoms with Gasteiger partial charge >= 0.3 is 0 Å². The van der Waals surface area contributed by atoms with Gasteiger partial charge in [0.1, 0.15) is 0 Å². The first-order chi connectivity index (χ1) is 11.0. The molecule has 2 nitrogen and oxygen atoms in total. The van der Waals surface area contributed by atoms with E-state index in [4.69, 9.17) is 0 Å². The van der Waals surface area contributed by atoms with Crippen LogP contribution in [0.15, 0.2) is 54.2 Å². The number of allylic oxidation sites excluding steroid dienone is 2. The molecule has 0 bridgehead atoms. The highest BCUT2D eigenvalue weighted by Crippen LogP contribution is 2.32. The molecule has 0 amide bonds. The van der Waals surface area contributed by atoms with Crippen LogP contribution in [-0.4, -0.2) is 5.78 Å². The zero-order chi connectivity index (χ0) is 16.4. The lowest BCUT2D eigenvalue weighted by Crippen LogP contribution is -2.16. The maximum Gasteiger partial charge on any atom is 0.158 e. The van der Waals surface area contributed by atoms with Crippen molar-refractivity contribution in [3.63, 3.8) is 0 Å². The molecule has 1 unspecified atom stereocenters. The summed E-state index contributed by atoms with van der Waals surface area (Å²) in [7, 11) is 0. The predicted octanol–water partition coefficient (Wildman–Crippen LogP) is 5.05. The molecule has 0 radical (unpaired) electrons. The van der Waals surface area contributed by atoms with Crippen LogP contribution in [0.5, 0.6) is 0 Å². The van der Waals surface area contributed by atoms with E-state index in [2.05, 4.69) is 68.6 Å². The van der Waals surface area contributed by atoms with Crippen molar-refractivity contribution >= 4 is 11.5 Å². The summed E-state index contributed by atoms with van der Waals surface area (Å²) < 4.78 is 0. The summed E-state index contributed by atoms with van der Waals surface area (Å²) in [6, 6.07) is 14.9. The van der Waals surface area contributed by atoms with Crippen LogP contribution in [0.3, 0.4) is 0 Å². The molecule has 0 heterocycles. The van der Waals surface area contributed by atoms with Crippen molar-refractivity contribution in [2.24, 2.45) is 0 Å². The number of rotatable bonds is 3. The van der Waals surface area contributed by atoms with E-state index in [9.17, 15) is 4.79 Å². The van der Waals surface area contributed by atoms with Crippen LogP contribution in [0.25, 0.3) is 0 Å². The van der Waals surface area contributed by atoms with E-state index >= 15 is 0 Å². The first-order valence-corrected chi connectivity index (χ1v) is 8.15. The van der Waals surface area contributed by atoms with Gasteiger partial charge in [-0.25, -0.2) is 0 Å².